The third-order valence-electron chi connectivity index (χ3n) is 10.3. The van der Waals surface area contributed by atoms with Crippen LogP contribution < -0.4 is 9.47 Å². The summed E-state index contributed by atoms with van der Waals surface area (Å²) in [7, 11) is 3.14. The SMILES string of the molecule is COc1ccc(-c2c3nc(c(-c4c(F)c(F)c(F)c(F)c4F)c4ccc([nH]4)c(-c4ccc(OC)cc4)c4cccc(c4)c(C)c(C)c4cccc2c4)C=C3)cc1. The third-order valence-corrected chi connectivity index (χ3v) is 10.3. The molecule has 8 bridgehead atoms. The molecule has 0 spiro atoms. The van der Waals surface area contributed by atoms with Gasteiger partial charge in [-0.25, -0.2) is 26.9 Å². The van der Waals surface area contributed by atoms with Crippen LogP contribution in [0.25, 0.3) is 78.1 Å². The summed E-state index contributed by atoms with van der Waals surface area (Å²) in [6.07, 6.45) is 3.20. The van der Waals surface area contributed by atoms with E-state index in [0.717, 1.165) is 49.4 Å². The van der Waals surface area contributed by atoms with E-state index in [-0.39, 0.29) is 16.8 Å². The molecule has 1 aliphatic heterocycles. The van der Waals surface area contributed by atoms with Gasteiger partial charge in [-0.3, -0.25) is 0 Å². The predicted molar refractivity (Wildman–Crippen MR) is 214 cm³/mol. The Balaban J connectivity index is 1.61. The van der Waals surface area contributed by atoms with Gasteiger partial charge in [-0.2, -0.15) is 0 Å². The van der Waals surface area contributed by atoms with E-state index in [1.165, 1.54) is 6.08 Å². The number of benzene rings is 5. The molecule has 0 atom stereocenters. The molecule has 0 saturated carbocycles. The Morgan fingerprint density at radius 3 is 1.36 bits per heavy atom. The topological polar surface area (TPSA) is 47.1 Å². The number of methoxy groups -OCH3 is 2. The molecule has 3 heterocycles. The molecule has 0 radical (unpaired) electrons. The van der Waals surface area contributed by atoms with Gasteiger partial charge in [-0.1, -0.05) is 60.7 Å². The van der Waals surface area contributed by atoms with Gasteiger partial charge < -0.3 is 14.5 Å². The predicted octanol–water partition coefficient (Wildman–Crippen LogP) is 12.9. The Kier molecular flexibility index (Phi) is 9.38. The van der Waals surface area contributed by atoms with Crippen LogP contribution in [-0.4, -0.2) is 24.2 Å². The number of nitrogens with zero attached hydrogens (tertiary/aromatic N) is 1. The lowest BCUT2D eigenvalue weighted by atomic mass is 9.97. The van der Waals surface area contributed by atoms with Crippen molar-refractivity contribution in [1.29, 1.82) is 0 Å². The van der Waals surface area contributed by atoms with E-state index >= 15 is 17.6 Å². The molecule has 2 aromatic heterocycles. The van der Waals surface area contributed by atoms with Crippen LogP contribution in [0.4, 0.5) is 22.0 Å². The summed E-state index contributed by atoms with van der Waals surface area (Å²) in [5, 5.41) is 3.52. The van der Waals surface area contributed by atoms with Crippen molar-refractivity contribution in [3.8, 4) is 44.9 Å². The zero-order valence-corrected chi connectivity index (χ0v) is 30.7. The smallest absolute Gasteiger partial charge is 0.200 e. The van der Waals surface area contributed by atoms with E-state index in [4.69, 9.17) is 14.5 Å². The van der Waals surface area contributed by atoms with Crippen LogP contribution in [-0.2, 0) is 0 Å². The highest BCUT2D eigenvalue weighted by Gasteiger charge is 2.29. The van der Waals surface area contributed by atoms with Gasteiger partial charge in [-0.15, -0.1) is 0 Å². The van der Waals surface area contributed by atoms with Gasteiger partial charge >= 0.3 is 0 Å². The zero-order valence-electron chi connectivity index (χ0n) is 30.7. The average Bonchev–Trinajstić information content (AvgIpc) is 3.92. The highest BCUT2D eigenvalue weighted by atomic mass is 19.2. The Morgan fingerprint density at radius 1 is 0.446 bits per heavy atom. The lowest BCUT2D eigenvalue weighted by Crippen LogP contribution is -2.05. The minimum atomic E-state index is -2.25. The van der Waals surface area contributed by atoms with Crippen molar-refractivity contribution in [2.75, 3.05) is 14.2 Å². The number of aromatic amines is 1. The lowest BCUT2D eigenvalue weighted by molar-refractivity contribution is 0.381. The number of fused-ring (bicyclic) bond motifs is 8. The van der Waals surface area contributed by atoms with Gasteiger partial charge in [0.25, 0.3) is 0 Å². The molecular weight excluding hydrogens is 720 g/mol. The fourth-order valence-electron chi connectivity index (χ4n) is 7.26. The van der Waals surface area contributed by atoms with Gasteiger partial charge in [0.1, 0.15) is 11.5 Å². The first kappa shape index (κ1) is 36.2. The van der Waals surface area contributed by atoms with Gasteiger partial charge in [0.2, 0.25) is 5.82 Å². The maximum absolute atomic E-state index is 15.9. The summed E-state index contributed by atoms with van der Waals surface area (Å²) in [6.45, 7) is 4.14. The van der Waals surface area contributed by atoms with E-state index in [0.29, 0.717) is 28.3 Å². The van der Waals surface area contributed by atoms with Gasteiger partial charge in [-0.05, 0) is 118 Å². The molecule has 1 aliphatic rings. The normalized spacial score (nSPS) is 11.6. The van der Waals surface area contributed by atoms with E-state index in [2.05, 4.69) is 31.0 Å². The number of aromatic nitrogens is 2. The molecular formula is C47H33F5N2O2. The van der Waals surface area contributed by atoms with Crippen LogP contribution in [0, 0.1) is 42.9 Å². The molecule has 5 aromatic carbocycles. The molecule has 0 aliphatic carbocycles. The molecule has 8 rings (SSSR count). The second kappa shape index (κ2) is 14.5. The van der Waals surface area contributed by atoms with Crippen molar-refractivity contribution < 1.29 is 31.4 Å². The van der Waals surface area contributed by atoms with Crippen LogP contribution in [0.3, 0.4) is 0 Å². The van der Waals surface area contributed by atoms with Gasteiger partial charge in [0.05, 0.1) is 31.2 Å². The Labute approximate surface area is 319 Å². The second-order valence-electron chi connectivity index (χ2n) is 13.4. The number of halogens is 5. The summed E-state index contributed by atoms with van der Waals surface area (Å²) >= 11 is 0. The lowest BCUT2D eigenvalue weighted by Gasteiger charge is -2.10. The fraction of sp³-hybridized carbons (Fsp3) is 0.0851. The Hall–Kier alpha value is -6.74. The molecule has 0 saturated heterocycles. The summed E-state index contributed by atoms with van der Waals surface area (Å²) < 4.78 is 87.1. The second-order valence-corrected chi connectivity index (χ2v) is 13.4. The van der Waals surface area contributed by atoms with Crippen molar-refractivity contribution in [3.63, 3.8) is 0 Å². The number of aryl methyl sites for hydroxylation is 2. The van der Waals surface area contributed by atoms with Gasteiger partial charge in [0, 0.05) is 27.7 Å². The molecule has 56 heavy (non-hydrogen) atoms. The van der Waals surface area contributed by atoms with Gasteiger partial charge in [0.15, 0.2) is 23.3 Å². The standard InChI is InChI=1S/C47H33F5N2O2/c1-25-26(2)30-8-6-10-32(24-30)40(28-13-17-34(56-4)18-14-28)36-20-22-38(54-36)41(42-43(48)45(50)47(52)46(51)44(42)49)37-21-19-35(53-37)39(31-9-5-7-29(25)23-31)27-11-15-33(55-3)16-12-27/h5-24,53H,1-4H3. The van der Waals surface area contributed by atoms with E-state index < -0.39 is 34.6 Å². The average molecular weight is 753 g/mol. The van der Waals surface area contributed by atoms with E-state index in [9.17, 15) is 4.39 Å². The first-order valence-corrected chi connectivity index (χ1v) is 17.7. The maximum atomic E-state index is 15.9. The Bertz CT molecular complexity index is 2870. The number of ether oxygens (including phenoxy) is 2. The molecule has 0 fully saturated rings. The van der Waals surface area contributed by atoms with E-state index in [1.54, 1.807) is 32.4 Å². The number of nitrogens with one attached hydrogen (secondary N) is 1. The monoisotopic (exact) mass is 752 g/mol. The summed E-state index contributed by atoms with van der Waals surface area (Å²) in [5.74, 6) is -9.04. The minimum Gasteiger partial charge on any atom is -0.497 e. The molecule has 1 N–H and O–H groups in total. The number of H-pyrrole nitrogens is 1. The molecule has 0 unspecified atom stereocenters. The quantitative estimate of drug-likeness (QED) is 0.108. The highest BCUT2D eigenvalue weighted by Crippen LogP contribution is 2.40. The third kappa shape index (κ3) is 6.24. The summed E-state index contributed by atoms with van der Waals surface area (Å²) in [4.78, 5) is 8.17. The number of hydrogen-bond acceptors (Lipinski definition) is 3. The van der Waals surface area contributed by atoms with Crippen molar-refractivity contribution in [3.05, 3.63) is 161 Å². The molecule has 0 amide bonds. The van der Waals surface area contributed by atoms with Crippen LogP contribution in [0.5, 0.6) is 11.5 Å². The fourth-order valence-corrected chi connectivity index (χ4v) is 7.26. The van der Waals surface area contributed by atoms with Crippen LogP contribution in [0.1, 0.15) is 22.5 Å². The van der Waals surface area contributed by atoms with Crippen molar-refractivity contribution in [2.45, 2.75) is 13.8 Å². The summed E-state index contributed by atoms with van der Waals surface area (Å²) in [6, 6.07) is 34.0. The van der Waals surface area contributed by atoms with Crippen molar-refractivity contribution in [2.24, 2.45) is 0 Å². The molecule has 9 heteroatoms. The van der Waals surface area contributed by atoms with E-state index in [1.807, 2.05) is 84.9 Å². The van der Waals surface area contributed by atoms with Crippen LogP contribution in [0.2, 0.25) is 0 Å². The highest BCUT2D eigenvalue weighted by molar-refractivity contribution is 6.00. The first-order valence-electron chi connectivity index (χ1n) is 17.7. The number of hydrogen-bond donors (Lipinski definition) is 1. The van der Waals surface area contributed by atoms with Crippen LogP contribution >= 0.6 is 0 Å². The summed E-state index contributed by atoms with van der Waals surface area (Å²) in [5.41, 5.74) is 4.61. The zero-order chi connectivity index (χ0) is 39.2. The number of rotatable bonds is 5. The largest absolute Gasteiger partial charge is 0.497 e. The maximum Gasteiger partial charge on any atom is 0.200 e. The first-order chi connectivity index (χ1) is 27.1. The molecule has 7 aromatic rings. The molecule has 4 nitrogen and oxygen atoms in total. The Morgan fingerprint density at radius 2 is 0.857 bits per heavy atom. The molecule has 278 valence electrons. The van der Waals surface area contributed by atoms with Crippen molar-refractivity contribution in [1.82, 2.24) is 9.97 Å². The van der Waals surface area contributed by atoms with Crippen molar-refractivity contribution >= 4 is 44.7 Å². The van der Waals surface area contributed by atoms with Crippen LogP contribution in [0.15, 0.2) is 109 Å². The minimum absolute atomic E-state index is 0.0111.